The van der Waals surface area contributed by atoms with Crippen molar-refractivity contribution in [2.75, 3.05) is 19.0 Å². The molecule has 2 unspecified atom stereocenters. The maximum absolute atomic E-state index is 12.9. The summed E-state index contributed by atoms with van der Waals surface area (Å²) in [5.74, 6) is -2.04. The second-order valence-corrected chi connectivity index (χ2v) is 8.21. The van der Waals surface area contributed by atoms with Crippen LogP contribution in [0, 0.1) is 0 Å². The fourth-order valence-electron chi connectivity index (χ4n) is 4.29. The summed E-state index contributed by atoms with van der Waals surface area (Å²) in [6.45, 7) is 1.69. The SMILES string of the molecule is COC(C)C(NC(=O)OCC1c2ccccc2-c2ccccc21)C(=O)Nc1cnn(C)c1C(=O)O. The quantitative estimate of drug-likeness (QED) is 0.453. The number of nitrogens with zero attached hydrogens (tertiary/aromatic N) is 2. The Balaban J connectivity index is 1.45. The Labute approximate surface area is 201 Å². The predicted octanol–water partition coefficient (Wildman–Crippen LogP) is 3.00. The number of fused-ring (bicyclic) bond motifs is 3. The van der Waals surface area contributed by atoms with Gasteiger partial charge in [-0.3, -0.25) is 9.48 Å². The standard InChI is InChI=1S/C25H26N4O6/c1-14(34-3)21(23(30)27-20-12-26-29(2)22(20)24(31)32)28-25(33)35-13-19-17-10-6-4-8-15(17)16-9-5-7-11-18(16)19/h4-12,14,19,21H,13H2,1-3H3,(H,27,30)(H,28,33)(H,31,32). The molecule has 10 heteroatoms. The Bertz CT molecular complexity index is 1220. The number of benzene rings is 2. The van der Waals surface area contributed by atoms with E-state index in [1.807, 2.05) is 48.5 Å². The van der Waals surface area contributed by atoms with Gasteiger partial charge in [-0.25, -0.2) is 9.59 Å². The van der Waals surface area contributed by atoms with Gasteiger partial charge in [-0.2, -0.15) is 5.10 Å². The molecule has 4 rings (SSSR count). The van der Waals surface area contributed by atoms with E-state index in [1.165, 1.54) is 20.4 Å². The zero-order chi connectivity index (χ0) is 25.1. The lowest BCUT2D eigenvalue weighted by molar-refractivity contribution is -0.121. The van der Waals surface area contributed by atoms with Gasteiger partial charge in [0.1, 0.15) is 12.6 Å². The average Bonchev–Trinajstić information content (AvgIpc) is 3.38. The summed E-state index contributed by atoms with van der Waals surface area (Å²) in [5, 5.41) is 18.3. The van der Waals surface area contributed by atoms with E-state index >= 15 is 0 Å². The van der Waals surface area contributed by atoms with Crippen molar-refractivity contribution in [3.63, 3.8) is 0 Å². The van der Waals surface area contributed by atoms with Crippen LogP contribution in [-0.4, -0.2) is 58.7 Å². The van der Waals surface area contributed by atoms with Crippen molar-refractivity contribution in [1.29, 1.82) is 0 Å². The molecule has 1 aliphatic rings. The number of carbonyl (C=O) groups is 3. The van der Waals surface area contributed by atoms with Crippen LogP contribution in [0.2, 0.25) is 0 Å². The molecule has 2 amide bonds. The summed E-state index contributed by atoms with van der Waals surface area (Å²) in [5.41, 5.74) is 4.16. The Hall–Kier alpha value is -4.18. The van der Waals surface area contributed by atoms with E-state index in [2.05, 4.69) is 15.7 Å². The highest BCUT2D eigenvalue weighted by atomic mass is 16.5. The zero-order valence-electron chi connectivity index (χ0n) is 19.5. The van der Waals surface area contributed by atoms with Crippen LogP contribution in [0.4, 0.5) is 10.5 Å². The van der Waals surface area contributed by atoms with Gasteiger partial charge >= 0.3 is 12.1 Å². The summed E-state index contributed by atoms with van der Waals surface area (Å²) in [6, 6.07) is 14.8. The van der Waals surface area contributed by atoms with Crippen LogP contribution >= 0.6 is 0 Å². The minimum Gasteiger partial charge on any atom is -0.476 e. The number of hydrogen-bond acceptors (Lipinski definition) is 6. The first kappa shape index (κ1) is 24.0. The number of aromatic nitrogens is 2. The number of hydrogen-bond donors (Lipinski definition) is 3. The Morgan fingerprint density at radius 1 is 1.09 bits per heavy atom. The van der Waals surface area contributed by atoms with Crippen molar-refractivity contribution in [2.45, 2.75) is 25.0 Å². The van der Waals surface area contributed by atoms with Crippen LogP contribution < -0.4 is 10.6 Å². The first-order valence-electron chi connectivity index (χ1n) is 11.0. The molecular weight excluding hydrogens is 452 g/mol. The van der Waals surface area contributed by atoms with E-state index in [0.29, 0.717) is 0 Å². The van der Waals surface area contributed by atoms with E-state index in [0.717, 1.165) is 26.9 Å². The second kappa shape index (κ2) is 9.98. The van der Waals surface area contributed by atoms with Crippen LogP contribution in [0.5, 0.6) is 0 Å². The maximum Gasteiger partial charge on any atom is 0.407 e. The van der Waals surface area contributed by atoms with Gasteiger partial charge in [0.15, 0.2) is 5.69 Å². The van der Waals surface area contributed by atoms with Crippen molar-refractivity contribution in [1.82, 2.24) is 15.1 Å². The minimum absolute atomic E-state index is 0.00707. The largest absolute Gasteiger partial charge is 0.476 e. The molecule has 1 aromatic heterocycles. The van der Waals surface area contributed by atoms with Gasteiger partial charge in [0.25, 0.3) is 0 Å². The molecule has 2 aromatic carbocycles. The summed E-state index contributed by atoms with van der Waals surface area (Å²) in [7, 11) is 2.85. The minimum atomic E-state index is -1.25. The molecule has 0 fully saturated rings. The molecule has 3 N–H and O–H groups in total. The van der Waals surface area contributed by atoms with E-state index in [-0.39, 0.29) is 23.9 Å². The highest BCUT2D eigenvalue weighted by Gasteiger charge is 2.32. The molecule has 10 nitrogen and oxygen atoms in total. The maximum atomic E-state index is 12.9. The number of ether oxygens (including phenoxy) is 2. The summed E-state index contributed by atoms with van der Waals surface area (Å²) >= 11 is 0. The number of carboxylic acid groups (broad SMARTS) is 1. The molecule has 2 atom stereocenters. The van der Waals surface area contributed by atoms with Gasteiger partial charge in [-0.1, -0.05) is 48.5 Å². The van der Waals surface area contributed by atoms with Crippen molar-refractivity contribution in [3.05, 3.63) is 71.5 Å². The van der Waals surface area contributed by atoms with Gasteiger partial charge in [0.05, 0.1) is 18.0 Å². The smallest absolute Gasteiger partial charge is 0.407 e. The van der Waals surface area contributed by atoms with Crippen LogP contribution in [0.3, 0.4) is 0 Å². The number of nitrogens with one attached hydrogen (secondary N) is 2. The van der Waals surface area contributed by atoms with Crippen molar-refractivity contribution in [3.8, 4) is 11.1 Å². The fourth-order valence-corrected chi connectivity index (χ4v) is 4.29. The van der Waals surface area contributed by atoms with Gasteiger partial charge in [0, 0.05) is 20.1 Å². The van der Waals surface area contributed by atoms with Crippen LogP contribution in [0.25, 0.3) is 11.1 Å². The normalized spacial score (nSPS) is 13.9. The number of methoxy groups -OCH3 is 1. The summed E-state index contributed by atoms with van der Waals surface area (Å²) < 4.78 is 11.9. The molecule has 35 heavy (non-hydrogen) atoms. The molecule has 0 radical (unpaired) electrons. The lowest BCUT2D eigenvalue weighted by Crippen LogP contribution is -2.51. The molecular formula is C25H26N4O6. The number of rotatable bonds is 8. The van der Waals surface area contributed by atoms with Crippen molar-refractivity contribution < 1.29 is 29.0 Å². The lowest BCUT2D eigenvalue weighted by Gasteiger charge is -2.23. The Morgan fingerprint density at radius 3 is 2.26 bits per heavy atom. The van der Waals surface area contributed by atoms with E-state index in [9.17, 15) is 19.5 Å². The third-order valence-electron chi connectivity index (χ3n) is 6.14. The van der Waals surface area contributed by atoms with E-state index in [1.54, 1.807) is 6.92 Å². The molecule has 0 spiro atoms. The van der Waals surface area contributed by atoms with E-state index < -0.39 is 30.1 Å². The highest BCUT2D eigenvalue weighted by molar-refractivity contribution is 6.02. The number of aryl methyl sites for hydroxylation is 1. The van der Waals surface area contributed by atoms with Crippen LogP contribution in [-0.2, 0) is 21.3 Å². The average molecular weight is 479 g/mol. The fraction of sp³-hybridized carbons (Fsp3) is 0.280. The van der Waals surface area contributed by atoms with Gasteiger partial charge in [-0.05, 0) is 29.2 Å². The number of aromatic carboxylic acids is 1. The number of amides is 2. The molecule has 0 saturated carbocycles. The highest BCUT2D eigenvalue weighted by Crippen LogP contribution is 2.44. The third-order valence-corrected chi connectivity index (χ3v) is 6.14. The number of carbonyl (C=O) groups excluding carboxylic acids is 2. The Morgan fingerprint density at radius 2 is 1.69 bits per heavy atom. The number of carboxylic acids is 1. The topological polar surface area (TPSA) is 132 Å². The third kappa shape index (κ3) is 4.73. The van der Waals surface area contributed by atoms with Crippen molar-refractivity contribution in [2.24, 2.45) is 7.05 Å². The summed E-state index contributed by atoms with van der Waals surface area (Å²) in [4.78, 5) is 37.1. The predicted molar refractivity (Wildman–Crippen MR) is 127 cm³/mol. The molecule has 182 valence electrons. The van der Waals surface area contributed by atoms with E-state index in [4.69, 9.17) is 9.47 Å². The van der Waals surface area contributed by atoms with Crippen LogP contribution in [0.15, 0.2) is 54.7 Å². The summed E-state index contributed by atoms with van der Waals surface area (Å²) in [6.07, 6.45) is -0.288. The molecule has 0 saturated heterocycles. The first-order valence-corrected chi connectivity index (χ1v) is 11.0. The zero-order valence-corrected chi connectivity index (χ0v) is 19.5. The first-order chi connectivity index (χ1) is 16.8. The van der Waals surface area contributed by atoms with Gasteiger partial charge in [0.2, 0.25) is 5.91 Å². The molecule has 0 aliphatic heterocycles. The molecule has 1 aliphatic carbocycles. The van der Waals surface area contributed by atoms with Crippen LogP contribution in [0.1, 0.15) is 34.5 Å². The van der Waals surface area contributed by atoms with Gasteiger partial charge < -0.3 is 25.2 Å². The number of alkyl carbamates (subject to hydrolysis) is 1. The molecule has 0 bridgehead atoms. The molecule has 3 aromatic rings. The monoisotopic (exact) mass is 478 g/mol. The lowest BCUT2D eigenvalue weighted by atomic mass is 9.98. The van der Waals surface area contributed by atoms with Crippen molar-refractivity contribution >= 4 is 23.7 Å². The molecule has 1 heterocycles. The van der Waals surface area contributed by atoms with Gasteiger partial charge in [-0.15, -0.1) is 0 Å². The Kier molecular flexibility index (Phi) is 6.83. The second-order valence-electron chi connectivity index (χ2n) is 8.21. The number of anilines is 1.